The third kappa shape index (κ3) is 3.64. The van der Waals surface area contributed by atoms with Gasteiger partial charge in [0.25, 0.3) is 0 Å². The number of carbonyl (C=O) groups excluding carboxylic acids is 2. The molecule has 120 valence electrons. The van der Waals surface area contributed by atoms with Crippen molar-refractivity contribution in [3.63, 3.8) is 0 Å². The Morgan fingerprint density at radius 1 is 1.32 bits per heavy atom. The fraction of sp³-hybridized carbons (Fsp3) is 0.529. The second-order valence-electron chi connectivity index (χ2n) is 6.66. The molecule has 0 bridgehead atoms. The number of halogens is 1. The summed E-state index contributed by atoms with van der Waals surface area (Å²) in [6.45, 7) is 7.89. The average Bonchev–Trinajstić information content (AvgIpc) is 2.85. The zero-order chi connectivity index (χ0) is 16.5. The van der Waals surface area contributed by atoms with Gasteiger partial charge in [-0.2, -0.15) is 0 Å². The van der Waals surface area contributed by atoms with Gasteiger partial charge in [0.15, 0.2) is 5.78 Å². The lowest BCUT2D eigenvalue weighted by atomic mass is 10.1. The number of carbonyl (C=O) groups is 2. The number of ketones is 1. The molecule has 1 aliphatic rings. The molecule has 1 atom stereocenters. The Kier molecular flexibility index (Phi) is 4.54. The molecule has 2 rings (SSSR count). The molecule has 1 aromatic rings. The highest BCUT2D eigenvalue weighted by Gasteiger charge is 2.33. The predicted molar refractivity (Wildman–Crippen MR) is 82.6 cm³/mol. The van der Waals surface area contributed by atoms with Gasteiger partial charge in [-0.05, 0) is 46.2 Å². The molecule has 5 heteroatoms. The molecule has 1 aliphatic heterocycles. The number of anilines is 1. The summed E-state index contributed by atoms with van der Waals surface area (Å²) < 4.78 is 19.3. The molecule has 1 aromatic carbocycles. The number of Topliss-reactive ketones (excluding diaryl/α,β-unsaturated/α-hetero) is 1. The maximum atomic E-state index is 13.9. The lowest BCUT2D eigenvalue weighted by molar-refractivity contribution is -0.159. The van der Waals surface area contributed by atoms with Gasteiger partial charge in [-0.25, -0.2) is 4.39 Å². The molecule has 0 spiro atoms. The minimum atomic E-state index is -0.522. The summed E-state index contributed by atoms with van der Waals surface area (Å²) in [6, 6.07) is 4.58. The van der Waals surface area contributed by atoms with Crippen LogP contribution in [0.25, 0.3) is 0 Å². The van der Waals surface area contributed by atoms with Crippen LogP contribution in [0.2, 0.25) is 0 Å². The molecule has 0 aromatic heterocycles. The third-order valence-corrected chi connectivity index (χ3v) is 3.61. The molecule has 0 N–H and O–H groups in total. The van der Waals surface area contributed by atoms with Crippen molar-refractivity contribution >= 4 is 17.4 Å². The summed E-state index contributed by atoms with van der Waals surface area (Å²) in [5.41, 5.74) is 0.124. The fourth-order valence-corrected chi connectivity index (χ4v) is 2.68. The lowest BCUT2D eigenvalue weighted by Crippen LogP contribution is -2.31. The van der Waals surface area contributed by atoms with Crippen molar-refractivity contribution in [2.45, 2.75) is 39.7 Å². The van der Waals surface area contributed by atoms with E-state index in [0.717, 1.165) is 0 Å². The van der Waals surface area contributed by atoms with Gasteiger partial charge in [0.2, 0.25) is 0 Å². The van der Waals surface area contributed by atoms with Gasteiger partial charge in [-0.1, -0.05) is 6.07 Å². The number of rotatable bonds is 3. The van der Waals surface area contributed by atoms with E-state index in [1.165, 1.54) is 13.0 Å². The van der Waals surface area contributed by atoms with E-state index in [0.29, 0.717) is 25.2 Å². The van der Waals surface area contributed by atoms with Crippen molar-refractivity contribution in [2.75, 3.05) is 18.0 Å². The van der Waals surface area contributed by atoms with Crippen LogP contribution in [0.1, 0.15) is 44.5 Å². The Bertz CT molecular complexity index is 592. The highest BCUT2D eigenvalue weighted by atomic mass is 19.1. The predicted octanol–water partition coefficient (Wildman–Crippen LogP) is 3.20. The number of nitrogens with zero attached hydrogens (tertiary/aromatic N) is 1. The van der Waals surface area contributed by atoms with Gasteiger partial charge in [0, 0.05) is 13.1 Å². The minimum Gasteiger partial charge on any atom is -0.460 e. The summed E-state index contributed by atoms with van der Waals surface area (Å²) in [4.78, 5) is 25.7. The van der Waals surface area contributed by atoms with Crippen molar-refractivity contribution in [1.82, 2.24) is 0 Å². The van der Waals surface area contributed by atoms with Crippen LogP contribution in [0.4, 0.5) is 10.1 Å². The second-order valence-corrected chi connectivity index (χ2v) is 6.66. The molecular weight excluding hydrogens is 285 g/mol. The second kappa shape index (κ2) is 6.07. The average molecular weight is 307 g/mol. The third-order valence-electron chi connectivity index (χ3n) is 3.61. The lowest BCUT2D eigenvalue weighted by Gasteiger charge is -2.23. The van der Waals surface area contributed by atoms with Gasteiger partial charge < -0.3 is 9.64 Å². The first-order valence-electron chi connectivity index (χ1n) is 7.46. The van der Waals surface area contributed by atoms with Crippen LogP contribution < -0.4 is 4.90 Å². The zero-order valence-electron chi connectivity index (χ0n) is 13.5. The normalized spacial score (nSPS) is 18.4. The maximum absolute atomic E-state index is 13.9. The molecule has 0 aliphatic carbocycles. The summed E-state index contributed by atoms with van der Waals surface area (Å²) >= 11 is 0. The van der Waals surface area contributed by atoms with E-state index in [2.05, 4.69) is 0 Å². The van der Waals surface area contributed by atoms with Crippen LogP contribution >= 0.6 is 0 Å². The van der Waals surface area contributed by atoms with Crippen LogP contribution in [0.15, 0.2) is 18.2 Å². The van der Waals surface area contributed by atoms with E-state index in [1.807, 2.05) is 25.7 Å². The van der Waals surface area contributed by atoms with Crippen LogP contribution in [0, 0.1) is 11.7 Å². The molecule has 1 fully saturated rings. The smallest absolute Gasteiger partial charge is 0.311 e. The van der Waals surface area contributed by atoms with Crippen molar-refractivity contribution < 1.29 is 18.7 Å². The number of esters is 1. The molecule has 1 saturated heterocycles. The van der Waals surface area contributed by atoms with E-state index in [1.54, 1.807) is 12.1 Å². The molecular formula is C17H22FNO3. The molecule has 0 unspecified atom stereocenters. The van der Waals surface area contributed by atoms with E-state index in [-0.39, 0.29) is 23.2 Å². The summed E-state index contributed by atoms with van der Waals surface area (Å²) in [5, 5.41) is 0. The number of benzene rings is 1. The summed E-state index contributed by atoms with van der Waals surface area (Å²) in [6.07, 6.45) is 0.642. The van der Waals surface area contributed by atoms with Crippen molar-refractivity contribution in [1.29, 1.82) is 0 Å². The highest BCUT2D eigenvalue weighted by Crippen LogP contribution is 2.30. The van der Waals surface area contributed by atoms with Crippen molar-refractivity contribution in [3.8, 4) is 0 Å². The molecule has 22 heavy (non-hydrogen) atoms. The summed E-state index contributed by atoms with van der Waals surface area (Å²) in [7, 11) is 0. The Morgan fingerprint density at radius 3 is 2.59 bits per heavy atom. The number of hydrogen-bond acceptors (Lipinski definition) is 4. The maximum Gasteiger partial charge on any atom is 0.311 e. The molecule has 0 amide bonds. The van der Waals surface area contributed by atoms with E-state index < -0.39 is 11.4 Å². The fourth-order valence-electron chi connectivity index (χ4n) is 2.68. The Morgan fingerprint density at radius 2 is 2.00 bits per heavy atom. The van der Waals surface area contributed by atoms with E-state index in [9.17, 15) is 14.0 Å². The molecule has 0 saturated carbocycles. The SMILES string of the molecule is CC(=O)c1c(F)cccc1N1CC[C@@H](C(=O)OC(C)(C)C)C1. The van der Waals surface area contributed by atoms with Crippen molar-refractivity contribution in [3.05, 3.63) is 29.6 Å². The van der Waals surface area contributed by atoms with E-state index in [4.69, 9.17) is 4.74 Å². The topological polar surface area (TPSA) is 46.6 Å². The minimum absolute atomic E-state index is 0.0901. The van der Waals surface area contributed by atoms with Crippen LogP contribution in [-0.2, 0) is 9.53 Å². The molecule has 1 heterocycles. The Hall–Kier alpha value is -1.91. The first-order valence-corrected chi connectivity index (χ1v) is 7.46. The first-order chi connectivity index (χ1) is 10.2. The van der Waals surface area contributed by atoms with Gasteiger partial charge in [-0.15, -0.1) is 0 Å². The van der Waals surface area contributed by atoms with Crippen LogP contribution in [-0.4, -0.2) is 30.4 Å². The Labute approximate surface area is 130 Å². The van der Waals surface area contributed by atoms with Gasteiger partial charge in [0.05, 0.1) is 17.2 Å². The van der Waals surface area contributed by atoms with E-state index >= 15 is 0 Å². The van der Waals surface area contributed by atoms with Gasteiger partial charge in [-0.3, -0.25) is 9.59 Å². The standard InChI is InChI=1S/C17H22FNO3/c1-11(20)15-13(18)6-5-7-14(15)19-9-8-12(10-19)16(21)22-17(2,3)4/h5-7,12H,8-10H2,1-4H3/t12-/m1/s1. The Balaban J connectivity index is 2.16. The molecule has 4 nitrogen and oxygen atoms in total. The van der Waals surface area contributed by atoms with Crippen LogP contribution in [0.3, 0.4) is 0 Å². The van der Waals surface area contributed by atoms with Gasteiger partial charge in [0.1, 0.15) is 11.4 Å². The number of ether oxygens (including phenoxy) is 1. The first kappa shape index (κ1) is 16.5. The quantitative estimate of drug-likeness (QED) is 0.635. The monoisotopic (exact) mass is 307 g/mol. The van der Waals surface area contributed by atoms with Gasteiger partial charge >= 0.3 is 5.97 Å². The highest BCUT2D eigenvalue weighted by molar-refractivity contribution is 6.00. The molecule has 0 radical (unpaired) electrons. The number of hydrogen-bond donors (Lipinski definition) is 0. The largest absolute Gasteiger partial charge is 0.460 e. The zero-order valence-corrected chi connectivity index (χ0v) is 13.5. The van der Waals surface area contributed by atoms with Crippen molar-refractivity contribution in [2.24, 2.45) is 5.92 Å². The summed E-state index contributed by atoms with van der Waals surface area (Å²) in [5.74, 6) is -1.32. The van der Waals surface area contributed by atoms with Crippen LogP contribution in [0.5, 0.6) is 0 Å².